The van der Waals surface area contributed by atoms with E-state index < -0.39 is 5.54 Å². The van der Waals surface area contributed by atoms with Crippen molar-refractivity contribution in [3.63, 3.8) is 0 Å². The lowest BCUT2D eigenvalue weighted by atomic mass is 9.33. The maximum absolute atomic E-state index is 4.90. The van der Waals surface area contributed by atoms with Gasteiger partial charge in [-0.25, -0.2) is 0 Å². The zero-order valence-corrected chi connectivity index (χ0v) is 45.3. The van der Waals surface area contributed by atoms with Gasteiger partial charge in [0.1, 0.15) is 0 Å². The Labute approximate surface area is 436 Å². The fraction of sp³-hybridized carbons (Fsp3) is 0.338. The number of fused-ring (bicyclic) bond motifs is 10. The Balaban J connectivity index is 1.17. The molecule has 4 aliphatic heterocycles. The van der Waals surface area contributed by atoms with Crippen LogP contribution in [0.1, 0.15) is 153 Å². The number of aryl methyl sites for hydroxylation is 1. The van der Waals surface area contributed by atoms with E-state index in [2.05, 4.69) is 249 Å². The normalized spacial score (nSPS) is 22.5. The van der Waals surface area contributed by atoms with Crippen LogP contribution in [0.15, 0.2) is 157 Å². The Morgan fingerprint density at radius 3 is 1.78 bits per heavy atom. The largest absolute Gasteiger partial charge is 0.330 e. The maximum atomic E-state index is 4.90. The topological polar surface area (TPSA) is 22.1 Å². The van der Waals surface area contributed by atoms with Crippen molar-refractivity contribution in [2.75, 3.05) is 14.7 Å². The van der Waals surface area contributed by atoms with E-state index in [0.29, 0.717) is 0 Å². The van der Waals surface area contributed by atoms with Crippen LogP contribution in [0.4, 0.5) is 45.5 Å². The Bertz CT molecular complexity index is 3480. The molecule has 7 aromatic carbocycles. The van der Waals surface area contributed by atoms with Crippen molar-refractivity contribution in [3.05, 3.63) is 196 Å². The molecule has 366 valence electrons. The minimum absolute atomic E-state index is 0.00717. The number of benzene rings is 7. The molecule has 13 rings (SSSR count). The molecule has 6 aliphatic rings. The summed E-state index contributed by atoms with van der Waals surface area (Å²) < 4.78 is 0. The quantitative estimate of drug-likeness (QED) is 0.164. The van der Waals surface area contributed by atoms with Gasteiger partial charge in [0.15, 0.2) is 0 Å². The van der Waals surface area contributed by atoms with Gasteiger partial charge in [-0.2, -0.15) is 0 Å². The summed E-state index contributed by atoms with van der Waals surface area (Å²) in [7, 11) is 0. The second-order valence-electron chi connectivity index (χ2n) is 26.2. The zero-order valence-electron chi connectivity index (χ0n) is 45.3. The molecule has 0 saturated heterocycles. The molecule has 0 fully saturated rings. The van der Waals surface area contributed by atoms with Crippen LogP contribution in [-0.2, 0) is 39.0 Å². The molecule has 5 heteroatoms. The number of allylic oxidation sites excluding steroid dienone is 1. The van der Waals surface area contributed by atoms with Gasteiger partial charge in [-0.15, -0.1) is 0 Å². The summed E-state index contributed by atoms with van der Waals surface area (Å²) in [6.07, 6.45) is 10.7. The smallest absolute Gasteiger partial charge is 0.252 e. The molecule has 7 aromatic rings. The predicted octanol–water partition coefficient (Wildman–Crippen LogP) is 15.7. The molecule has 3 unspecified atom stereocenters. The predicted molar refractivity (Wildman–Crippen MR) is 312 cm³/mol. The summed E-state index contributed by atoms with van der Waals surface area (Å²) >= 11 is 0. The van der Waals surface area contributed by atoms with Crippen LogP contribution >= 0.6 is 0 Å². The minimum atomic E-state index is -0.413. The van der Waals surface area contributed by atoms with E-state index in [-0.39, 0.29) is 39.8 Å². The van der Waals surface area contributed by atoms with Gasteiger partial charge in [0.05, 0.1) is 11.6 Å². The first-order valence-electron chi connectivity index (χ1n) is 27.2. The molecule has 73 heavy (non-hydrogen) atoms. The Hall–Kier alpha value is -6.59. The number of hydrogen-bond acceptors (Lipinski definition) is 4. The van der Waals surface area contributed by atoms with Crippen molar-refractivity contribution in [2.24, 2.45) is 4.99 Å². The van der Waals surface area contributed by atoms with Crippen molar-refractivity contribution in [3.8, 4) is 0 Å². The van der Waals surface area contributed by atoms with Gasteiger partial charge in [-0.3, -0.25) is 4.99 Å². The lowest BCUT2D eigenvalue weighted by Crippen LogP contribution is -2.62. The first-order chi connectivity index (χ1) is 34.7. The second-order valence-corrected chi connectivity index (χ2v) is 26.2. The van der Waals surface area contributed by atoms with Gasteiger partial charge >= 0.3 is 0 Å². The molecule has 0 saturated carbocycles. The Morgan fingerprint density at radius 2 is 1.11 bits per heavy atom. The third-order valence-electron chi connectivity index (χ3n) is 18.9. The number of hydrogen-bond donors (Lipinski definition) is 0. The zero-order chi connectivity index (χ0) is 50.8. The van der Waals surface area contributed by atoms with Gasteiger partial charge in [-0.05, 0) is 176 Å². The highest BCUT2D eigenvalue weighted by Gasteiger charge is 2.60. The summed E-state index contributed by atoms with van der Waals surface area (Å²) in [5.74, 6) is 0. The fourth-order valence-corrected chi connectivity index (χ4v) is 14.3. The van der Waals surface area contributed by atoms with Crippen molar-refractivity contribution < 1.29 is 0 Å². The summed E-state index contributed by atoms with van der Waals surface area (Å²) in [5.41, 5.74) is 24.7. The summed E-state index contributed by atoms with van der Waals surface area (Å²) in [4.78, 5) is 13.0. The van der Waals surface area contributed by atoms with Crippen LogP contribution < -0.4 is 31.1 Å². The number of rotatable bonds is 4. The molecule has 2 aliphatic carbocycles. The molecule has 0 spiro atoms. The van der Waals surface area contributed by atoms with E-state index in [1.165, 1.54) is 106 Å². The average Bonchev–Trinajstić information content (AvgIpc) is 3.98. The molecule has 0 radical (unpaired) electrons. The lowest BCUT2D eigenvalue weighted by Gasteiger charge is -2.52. The second kappa shape index (κ2) is 15.5. The average molecular weight is 955 g/mol. The van der Waals surface area contributed by atoms with E-state index >= 15 is 0 Å². The number of aliphatic imine (C=N–C) groups is 1. The molecule has 0 bridgehead atoms. The van der Waals surface area contributed by atoms with E-state index in [1.54, 1.807) is 0 Å². The van der Waals surface area contributed by atoms with Crippen LogP contribution in [-0.4, -0.2) is 12.9 Å². The first-order valence-corrected chi connectivity index (χ1v) is 27.2. The molecule has 4 heterocycles. The van der Waals surface area contributed by atoms with Crippen molar-refractivity contribution >= 4 is 74.8 Å². The molecular weight excluding hydrogens is 884 g/mol. The molecule has 4 nitrogen and oxygen atoms in total. The molecule has 3 atom stereocenters. The van der Waals surface area contributed by atoms with Gasteiger partial charge in [0.2, 0.25) is 0 Å². The number of para-hydroxylation sites is 1. The Kier molecular flexibility index (Phi) is 9.80. The number of nitrogens with zero attached hydrogens (tertiary/aromatic N) is 4. The highest BCUT2D eigenvalue weighted by molar-refractivity contribution is 7.00. The van der Waals surface area contributed by atoms with Crippen LogP contribution in [0.3, 0.4) is 0 Å². The molecule has 0 amide bonds. The molecule has 0 N–H and O–H groups in total. The van der Waals surface area contributed by atoms with Gasteiger partial charge in [0.25, 0.3) is 6.71 Å². The van der Waals surface area contributed by atoms with E-state index in [9.17, 15) is 0 Å². The fourth-order valence-electron chi connectivity index (χ4n) is 14.3. The summed E-state index contributed by atoms with van der Waals surface area (Å²) in [6.45, 7) is 29.1. The van der Waals surface area contributed by atoms with E-state index in [0.717, 1.165) is 25.7 Å². The third kappa shape index (κ3) is 6.62. The van der Waals surface area contributed by atoms with Gasteiger partial charge in [0, 0.05) is 57.1 Å². The molecule has 0 aromatic heterocycles. The number of anilines is 8. The highest BCUT2D eigenvalue weighted by Crippen LogP contribution is 2.65. The van der Waals surface area contributed by atoms with Crippen LogP contribution in [0.25, 0.3) is 0 Å². The third-order valence-corrected chi connectivity index (χ3v) is 18.9. The monoisotopic (exact) mass is 955 g/mol. The first kappa shape index (κ1) is 46.2. The van der Waals surface area contributed by atoms with Crippen LogP contribution in [0, 0.1) is 0 Å². The van der Waals surface area contributed by atoms with E-state index in [1.807, 2.05) is 6.21 Å². The minimum Gasteiger partial charge on any atom is -0.330 e. The standard InChI is InChI=1S/C68H71BN4/c1-63(2,3)45-25-28-48(29-26-45)71-58-31-27-46(64(4,5)6)38-54(58)69-55-41-51-52(66(9,10)35-34-65(51,7)8)42-59(55)72(47-20-14-13-15-21-47)61-40-49(39-60(71)62(61)69)73-57-30-24-44(56-23-18-36-70-56)37-53(57)67(11)33-32-43-19-16-17-22-50(43)68(67,73)12/h13-31,36-42,56H,32-35H2,1-12H3. The van der Waals surface area contributed by atoms with Gasteiger partial charge < -0.3 is 14.7 Å². The Morgan fingerprint density at radius 1 is 0.507 bits per heavy atom. The van der Waals surface area contributed by atoms with Crippen molar-refractivity contribution in [2.45, 2.75) is 147 Å². The van der Waals surface area contributed by atoms with Crippen molar-refractivity contribution in [1.82, 2.24) is 0 Å². The van der Waals surface area contributed by atoms with E-state index in [4.69, 9.17) is 4.99 Å². The van der Waals surface area contributed by atoms with Crippen LogP contribution in [0.2, 0.25) is 0 Å². The maximum Gasteiger partial charge on any atom is 0.252 e. The SMILES string of the molecule is CC(C)(C)c1ccc(N2c3ccc(C(C)(C)C)cc3B3c4cc5c(cc4N(c4ccccc4)c4cc(N6c7ccc(C8C=CC=N8)cc7C7(C)CCc8ccccc8C67C)cc2c43)C(C)(C)CCC5(C)C)cc1. The van der Waals surface area contributed by atoms with Crippen LogP contribution in [0.5, 0.6) is 0 Å². The van der Waals surface area contributed by atoms with Crippen molar-refractivity contribution in [1.29, 1.82) is 0 Å². The lowest BCUT2D eigenvalue weighted by molar-refractivity contribution is 0.245. The molecular formula is C68H71BN4. The summed E-state index contributed by atoms with van der Waals surface area (Å²) in [6, 6.07) is 55.4. The van der Waals surface area contributed by atoms with Gasteiger partial charge in [-0.1, -0.05) is 167 Å². The summed E-state index contributed by atoms with van der Waals surface area (Å²) in [5, 5.41) is 0. The highest BCUT2D eigenvalue weighted by atomic mass is 15.3.